The molecular formula is C137H90FN3O3. The lowest BCUT2D eigenvalue weighted by atomic mass is 9.67. The molecule has 0 atom stereocenters. The second kappa shape index (κ2) is 36.4. The monoisotopic (exact) mass is 1840 g/mol. The zero-order valence-electron chi connectivity index (χ0n) is 78.4. The molecule has 0 saturated heterocycles. The Labute approximate surface area is 835 Å². The molecule has 0 aromatic heterocycles. The van der Waals surface area contributed by atoms with Gasteiger partial charge in [0.05, 0.1) is 5.41 Å². The molecule has 28 rings (SSSR count). The molecule has 144 heavy (non-hydrogen) atoms. The Morgan fingerprint density at radius 1 is 0.153 bits per heavy atom. The molecule has 0 saturated carbocycles. The van der Waals surface area contributed by atoms with Crippen LogP contribution in [0, 0.1) is 5.82 Å². The topological polar surface area (TPSA) is 37.4 Å². The predicted octanol–water partition coefficient (Wildman–Crippen LogP) is 38.2. The lowest BCUT2D eigenvalue weighted by Gasteiger charge is -2.35. The van der Waals surface area contributed by atoms with Crippen molar-refractivity contribution in [3.8, 4) is 135 Å². The van der Waals surface area contributed by atoms with Crippen molar-refractivity contribution in [1.29, 1.82) is 0 Å². The van der Waals surface area contributed by atoms with Gasteiger partial charge in [-0.3, -0.25) is 0 Å². The summed E-state index contributed by atoms with van der Waals surface area (Å²) >= 11 is 0. The molecule has 3 aliphatic heterocycles. The van der Waals surface area contributed by atoms with E-state index in [0.29, 0.717) is 0 Å². The van der Waals surface area contributed by atoms with Crippen molar-refractivity contribution in [3.63, 3.8) is 0 Å². The first-order valence-corrected chi connectivity index (χ1v) is 49.0. The van der Waals surface area contributed by atoms with Crippen LogP contribution in [0.4, 0.5) is 55.6 Å². The fraction of sp³-hybridized carbons (Fsp3) is 0.00730. The molecule has 0 radical (unpaired) electrons. The van der Waals surface area contributed by atoms with E-state index < -0.39 is 5.41 Å². The highest BCUT2D eigenvalue weighted by Gasteiger charge is 2.46. The second-order valence-electron chi connectivity index (χ2n) is 37.0. The summed E-state index contributed by atoms with van der Waals surface area (Å²) in [6.45, 7) is 0. The average Bonchev–Trinajstić information content (AvgIpc) is 1.54. The first kappa shape index (κ1) is 85.5. The first-order valence-electron chi connectivity index (χ1n) is 49.0. The van der Waals surface area contributed by atoms with Crippen LogP contribution >= 0.6 is 0 Å². The van der Waals surface area contributed by atoms with Crippen molar-refractivity contribution < 1.29 is 18.6 Å². The van der Waals surface area contributed by atoms with E-state index in [1.807, 2.05) is 30.3 Å². The summed E-state index contributed by atoms with van der Waals surface area (Å²) in [6, 6.07) is 193. The highest BCUT2D eigenvalue weighted by Crippen LogP contribution is 2.59. The van der Waals surface area contributed by atoms with E-state index in [1.54, 1.807) is 0 Å². The lowest BCUT2D eigenvalue weighted by molar-refractivity contribution is 0.487. The first-order chi connectivity index (χ1) is 71.3. The van der Waals surface area contributed by atoms with Gasteiger partial charge in [0.25, 0.3) is 0 Å². The minimum atomic E-state index is -0.475. The van der Waals surface area contributed by atoms with Gasteiger partial charge in [-0.15, -0.1) is 0 Å². The zero-order chi connectivity index (χ0) is 95.6. The molecule has 6 nitrogen and oxygen atoms in total. The molecule has 0 spiro atoms. The summed E-state index contributed by atoms with van der Waals surface area (Å²) in [5.41, 5.74) is 35.2. The zero-order valence-corrected chi connectivity index (χ0v) is 78.4. The number of ether oxygens (including phenoxy) is 3. The van der Waals surface area contributed by atoms with Crippen molar-refractivity contribution >= 4 is 94.3 Å². The van der Waals surface area contributed by atoms with Crippen LogP contribution in [-0.4, -0.2) is 0 Å². The number of anilines is 9. The third kappa shape index (κ3) is 15.5. The van der Waals surface area contributed by atoms with Gasteiger partial charge in [-0.05, 0) is 309 Å². The second-order valence-corrected chi connectivity index (χ2v) is 37.0. The van der Waals surface area contributed by atoms with Gasteiger partial charge in [-0.2, -0.15) is 0 Å². The van der Waals surface area contributed by atoms with Gasteiger partial charge in [-0.25, -0.2) is 4.39 Å². The van der Waals surface area contributed by atoms with E-state index in [-0.39, 0.29) is 5.82 Å². The molecular weight excluding hydrogens is 1750 g/mol. The SMILES string of the molecule is Fc1ccc(-c2ccc(N(c3ccccc3)c3ccc(-c4ccc5c(c4)Oc4cccc6cccc-5c46)cc3)cc2)cc1.c1ccc(-c2ccc(N(c3ccc(-c4ccc5c(c4)Oc4cccc6cccc-5c46)cc3)c3ccc4ccccc4c3)cc2)cc1.c1ccc(N(c2ccc(-c3ccc4c(c3)Oc3cccc5cccc-4c35)cc2)c2ccc3c(c2)C(c2ccccc2)(c2ccccc2)c2ccccc2-3)cc1. The average molecular weight is 1850 g/mol. The van der Waals surface area contributed by atoms with Crippen molar-refractivity contribution in [2.75, 3.05) is 14.7 Å². The molecule has 678 valence electrons. The molecule has 7 heteroatoms. The minimum absolute atomic E-state index is 0.232. The number of halogens is 1. The maximum atomic E-state index is 13.4. The van der Waals surface area contributed by atoms with Gasteiger partial charge in [0.2, 0.25) is 0 Å². The van der Waals surface area contributed by atoms with E-state index in [2.05, 4.69) is 518 Å². The number of hydrogen-bond acceptors (Lipinski definition) is 6. The highest BCUT2D eigenvalue weighted by atomic mass is 19.1. The number of benzene rings is 24. The van der Waals surface area contributed by atoms with Crippen LogP contribution in [0.3, 0.4) is 0 Å². The summed E-state index contributed by atoms with van der Waals surface area (Å²) < 4.78 is 32.8. The summed E-state index contributed by atoms with van der Waals surface area (Å²) in [5.74, 6) is 5.15. The van der Waals surface area contributed by atoms with Crippen molar-refractivity contribution in [1.82, 2.24) is 0 Å². The summed E-state index contributed by atoms with van der Waals surface area (Å²) in [6.07, 6.45) is 0. The van der Waals surface area contributed by atoms with Crippen LogP contribution in [0.1, 0.15) is 22.3 Å². The van der Waals surface area contributed by atoms with Crippen LogP contribution in [0.5, 0.6) is 34.5 Å². The van der Waals surface area contributed by atoms with Gasteiger partial charge in [-0.1, -0.05) is 370 Å². The van der Waals surface area contributed by atoms with Gasteiger partial charge in [0.15, 0.2) is 0 Å². The van der Waals surface area contributed by atoms with Crippen LogP contribution < -0.4 is 28.9 Å². The number of fused-ring (bicyclic) bond motifs is 10. The fourth-order valence-electron chi connectivity index (χ4n) is 21.9. The Morgan fingerprint density at radius 3 is 0.819 bits per heavy atom. The standard InChI is InChI=1S/C53H35NO.C44H29NO.C40H26FNO/c1-4-16-39(17-5-1)53(40-18-6-2-7-19-40)48-24-11-10-22-44(48)45-33-31-43(35-49(45)53)54(41-20-8-3-9-21-41)42-29-26-36(27-30-42)38-28-32-46-47-23-12-14-37-15-13-25-50(52(37)47)55-51(46)34-38;1-2-8-30(9-3-1)32-16-22-37(23-17-32)45(39-26-20-31-10-4-5-11-35(31)28-39)38-24-18-33(19-25-38)36-21-27-40-41-14-6-12-34-13-7-15-42(44(34)41)46-43(40)29-36;41-32-19-12-27(13-20-32)28-14-21-34(22-15-28)42(33-8-2-1-3-9-33)35-23-16-29(17-24-35)31-18-25-36-37-10-4-6-30-7-5-11-38(40(30)37)43-39(36)26-31/h1-35H;1-29H;1-26H. The normalized spacial score (nSPS) is 12.1. The lowest BCUT2D eigenvalue weighted by Crippen LogP contribution is -2.28. The van der Waals surface area contributed by atoms with Crippen LogP contribution in [-0.2, 0) is 5.41 Å². The third-order valence-corrected chi connectivity index (χ3v) is 28.7. The predicted molar refractivity (Wildman–Crippen MR) is 594 cm³/mol. The highest BCUT2D eigenvalue weighted by molar-refractivity contribution is 6.08. The quantitative estimate of drug-likeness (QED) is 0.0960. The fourth-order valence-corrected chi connectivity index (χ4v) is 21.9. The maximum absolute atomic E-state index is 13.4. The van der Waals surface area contributed by atoms with Crippen LogP contribution in [0.2, 0.25) is 0 Å². The summed E-state index contributed by atoms with van der Waals surface area (Å²) in [5, 5.41) is 9.56. The number of para-hydroxylation sites is 2. The van der Waals surface area contributed by atoms with Crippen molar-refractivity contribution in [2.24, 2.45) is 0 Å². The molecule has 1 aliphatic carbocycles. The van der Waals surface area contributed by atoms with E-state index in [4.69, 9.17) is 14.2 Å². The van der Waals surface area contributed by atoms with Gasteiger partial charge < -0.3 is 28.9 Å². The van der Waals surface area contributed by atoms with E-state index in [0.717, 1.165) is 147 Å². The van der Waals surface area contributed by atoms with E-state index in [9.17, 15) is 4.39 Å². The maximum Gasteiger partial charge on any atom is 0.135 e. The molecule has 0 fully saturated rings. The number of hydrogen-bond donors (Lipinski definition) is 0. The molecule has 0 amide bonds. The van der Waals surface area contributed by atoms with Gasteiger partial charge >= 0.3 is 0 Å². The largest absolute Gasteiger partial charge is 0.456 e. The van der Waals surface area contributed by atoms with E-state index >= 15 is 0 Å². The van der Waals surface area contributed by atoms with Gasteiger partial charge in [0, 0.05) is 84.0 Å². The summed E-state index contributed by atoms with van der Waals surface area (Å²) in [7, 11) is 0. The van der Waals surface area contributed by atoms with Gasteiger partial charge in [0.1, 0.15) is 40.3 Å². The Morgan fingerprint density at radius 2 is 0.417 bits per heavy atom. The Balaban J connectivity index is 0.000000111. The van der Waals surface area contributed by atoms with Crippen LogP contribution in [0.25, 0.3) is 143 Å². The van der Waals surface area contributed by atoms with Crippen molar-refractivity contribution in [3.05, 3.63) is 574 Å². The molecule has 0 unspecified atom stereocenters. The number of nitrogens with zero attached hydrogens (tertiary/aromatic N) is 3. The van der Waals surface area contributed by atoms with Crippen molar-refractivity contribution in [2.45, 2.75) is 5.41 Å². The van der Waals surface area contributed by atoms with Crippen LogP contribution in [0.15, 0.2) is 546 Å². The Bertz CT molecular complexity index is 8950. The Kier molecular flexibility index (Phi) is 21.6. The van der Waals surface area contributed by atoms with E-state index in [1.165, 1.54) is 116 Å². The minimum Gasteiger partial charge on any atom is -0.456 e. The molecule has 0 bridgehead atoms. The summed E-state index contributed by atoms with van der Waals surface area (Å²) in [4.78, 5) is 6.95. The molecule has 24 aromatic carbocycles. The molecule has 0 N–H and O–H groups in total. The smallest absolute Gasteiger partial charge is 0.135 e. The Hall–Kier alpha value is -19.0. The third-order valence-electron chi connectivity index (χ3n) is 28.7. The molecule has 4 aliphatic rings. The number of rotatable bonds is 16. The molecule has 3 heterocycles. The molecule has 24 aromatic rings.